The van der Waals surface area contributed by atoms with Crippen molar-refractivity contribution in [2.75, 3.05) is 44.7 Å². The zero-order valence-electron chi connectivity index (χ0n) is 12.3. The normalized spacial score (nSPS) is 15.9. The van der Waals surface area contributed by atoms with E-state index in [0.717, 1.165) is 62.1 Å². The maximum atomic E-state index is 5.93. The van der Waals surface area contributed by atoms with Gasteiger partial charge in [-0.2, -0.15) is 0 Å². The molecule has 7 heteroatoms. The first-order valence-electron chi connectivity index (χ1n) is 7.43. The number of hydrogen-bond acceptors (Lipinski definition) is 6. The van der Waals surface area contributed by atoms with Gasteiger partial charge in [-0.15, -0.1) is 11.3 Å². The Bertz CT molecular complexity index is 587. The van der Waals surface area contributed by atoms with Crippen LogP contribution in [0.5, 0.6) is 0 Å². The summed E-state index contributed by atoms with van der Waals surface area (Å²) in [6, 6.07) is 4.09. The lowest BCUT2D eigenvalue weighted by molar-refractivity contribution is 0.0378. The zero-order chi connectivity index (χ0) is 15.2. The van der Waals surface area contributed by atoms with Gasteiger partial charge in [-0.05, 0) is 36.0 Å². The van der Waals surface area contributed by atoms with Gasteiger partial charge in [0.1, 0.15) is 5.82 Å². The SMILES string of the molecule is Clc1ncc(-c2cccs2)c(NCCCN2CCOCC2)n1. The van der Waals surface area contributed by atoms with Crippen LogP contribution in [0, 0.1) is 0 Å². The van der Waals surface area contributed by atoms with Crippen LogP contribution in [0.4, 0.5) is 5.82 Å². The van der Waals surface area contributed by atoms with E-state index in [4.69, 9.17) is 16.3 Å². The summed E-state index contributed by atoms with van der Waals surface area (Å²) in [6.07, 6.45) is 2.84. The molecular weight excluding hydrogens is 320 g/mol. The Morgan fingerprint density at radius 2 is 2.23 bits per heavy atom. The van der Waals surface area contributed by atoms with E-state index in [-0.39, 0.29) is 5.28 Å². The Hall–Kier alpha value is -1.21. The van der Waals surface area contributed by atoms with Gasteiger partial charge in [-0.25, -0.2) is 9.97 Å². The molecule has 118 valence electrons. The predicted octanol–water partition coefficient (Wildman–Crippen LogP) is 2.99. The van der Waals surface area contributed by atoms with E-state index in [0.29, 0.717) is 0 Å². The van der Waals surface area contributed by atoms with E-state index in [9.17, 15) is 0 Å². The molecule has 1 aliphatic heterocycles. The summed E-state index contributed by atoms with van der Waals surface area (Å²) in [7, 11) is 0. The molecule has 5 nitrogen and oxygen atoms in total. The highest BCUT2D eigenvalue weighted by Crippen LogP contribution is 2.30. The van der Waals surface area contributed by atoms with Gasteiger partial charge in [0.05, 0.1) is 18.8 Å². The highest BCUT2D eigenvalue weighted by molar-refractivity contribution is 7.13. The molecule has 3 heterocycles. The summed E-state index contributed by atoms with van der Waals surface area (Å²) >= 11 is 7.60. The molecule has 0 spiro atoms. The van der Waals surface area contributed by atoms with Crippen LogP contribution in [0.2, 0.25) is 5.28 Å². The Balaban J connectivity index is 1.56. The fourth-order valence-corrected chi connectivity index (χ4v) is 3.31. The second-order valence-corrected chi connectivity index (χ2v) is 6.40. The molecule has 0 aromatic carbocycles. The summed E-state index contributed by atoms with van der Waals surface area (Å²) in [5, 5.41) is 5.72. The van der Waals surface area contributed by atoms with Crippen molar-refractivity contribution in [3.63, 3.8) is 0 Å². The van der Waals surface area contributed by atoms with Crippen LogP contribution in [0.3, 0.4) is 0 Å². The molecule has 0 atom stereocenters. The van der Waals surface area contributed by atoms with Gasteiger partial charge in [0.15, 0.2) is 0 Å². The largest absolute Gasteiger partial charge is 0.379 e. The minimum absolute atomic E-state index is 0.274. The summed E-state index contributed by atoms with van der Waals surface area (Å²) in [5.41, 5.74) is 1.01. The lowest BCUT2D eigenvalue weighted by Gasteiger charge is -2.26. The predicted molar refractivity (Wildman–Crippen MR) is 90.7 cm³/mol. The molecule has 1 N–H and O–H groups in total. The molecule has 22 heavy (non-hydrogen) atoms. The average Bonchev–Trinajstić information content (AvgIpc) is 3.07. The summed E-state index contributed by atoms with van der Waals surface area (Å²) in [4.78, 5) is 12.0. The smallest absolute Gasteiger partial charge is 0.224 e. The Labute approximate surface area is 139 Å². The van der Waals surface area contributed by atoms with E-state index in [1.165, 1.54) is 0 Å². The van der Waals surface area contributed by atoms with Crippen molar-refractivity contribution < 1.29 is 4.74 Å². The monoisotopic (exact) mass is 338 g/mol. The molecule has 0 bridgehead atoms. The third-order valence-corrected chi connectivity index (χ3v) is 4.68. The van der Waals surface area contributed by atoms with E-state index < -0.39 is 0 Å². The number of nitrogens with zero attached hydrogens (tertiary/aromatic N) is 3. The topological polar surface area (TPSA) is 50.3 Å². The van der Waals surface area contributed by atoms with E-state index in [1.54, 1.807) is 17.5 Å². The van der Waals surface area contributed by atoms with E-state index in [2.05, 4.69) is 26.3 Å². The van der Waals surface area contributed by atoms with E-state index in [1.807, 2.05) is 11.4 Å². The maximum Gasteiger partial charge on any atom is 0.224 e. The second-order valence-electron chi connectivity index (χ2n) is 5.11. The number of thiophene rings is 1. The number of anilines is 1. The summed E-state index contributed by atoms with van der Waals surface area (Å²) in [6.45, 7) is 5.68. The Kier molecular flexibility index (Phi) is 5.61. The number of halogens is 1. The molecular formula is C15H19ClN4OS. The fourth-order valence-electron chi connectivity index (χ4n) is 2.44. The standard InChI is InChI=1S/C15H19ClN4OS/c16-15-18-11-12(13-3-1-10-22-13)14(19-15)17-4-2-5-20-6-8-21-9-7-20/h1,3,10-11H,2,4-9H2,(H,17,18,19). The lowest BCUT2D eigenvalue weighted by Crippen LogP contribution is -2.37. The molecule has 2 aromatic rings. The molecule has 1 fully saturated rings. The van der Waals surface area contributed by atoms with Crippen LogP contribution in [-0.4, -0.2) is 54.3 Å². The molecule has 1 aliphatic rings. The molecule has 0 aliphatic carbocycles. The minimum atomic E-state index is 0.274. The Morgan fingerprint density at radius 3 is 3.00 bits per heavy atom. The first-order chi connectivity index (χ1) is 10.8. The van der Waals surface area contributed by atoms with Crippen LogP contribution < -0.4 is 5.32 Å². The maximum absolute atomic E-state index is 5.93. The van der Waals surface area contributed by atoms with Crippen LogP contribution in [-0.2, 0) is 4.74 Å². The zero-order valence-corrected chi connectivity index (χ0v) is 13.9. The first kappa shape index (κ1) is 15.7. The Morgan fingerprint density at radius 1 is 1.36 bits per heavy atom. The average molecular weight is 339 g/mol. The van der Waals surface area contributed by atoms with Gasteiger partial charge >= 0.3 is 0 Å². The fraction of sp³-hybridized carbons (Fsp3) is 0.467. The number of rotatable bonds is 6. The van der Waals surface area contributed by atoms with Gasteiger partial charge in [0.25, 0.3) is 0 Å². The molecule has 1 saturated heterocycles. The van der Waals surface area contributed by atoms with Crippen LogP contribution in [0.25, 0.3) is 10.4 Å². The van der Waals surface area contributed by atoms with Gasteiger partial charge in [0.2, 0.25) is 5.28 Å². The van der Waals surface area contributed by atoms with Crippen molar-refractivity contribution in [2.24, 2.45) is 0 Å². The van der Waals surface area contributed by atoms with E-state index >= 15 is 0 Å². The molecule has 0 amide bonds. The van der Waals surface area contributed by atoms with Crippen molar-refractivity contribution in [1.29, 1.82) is 0 Å². The molecule has 0 saturated carbocycles. The first-order valence-corrected chi connectivity index (χ1v) is 8.69. The number of hydrogen-bond donors (Lipinski definition) is 1. The number of ether oxygens (including phenoxy) is 1. The van der Waals surface area contributed by atoms with Crippen LogP contribution >= 0.6 is 22.9 Å². The number of aromatic nitrogens is 2. The van der Waals surface area contributed by atoms with Crippen molar-refractivity contribution in [1.82, 2.24) is 14.9 Å². The van der Waals surface area contributed by atoms with Crippen molar-refractivity contribution in [3.05, 3.63) is 29.0 Å². The molecule has 0 unspecified atom stereocenters. The van der Waals surface area contributed by atoms with Crippen molar-refractivity contribution >= 4 is 28.8 Å². The lowest BCUT2D eigenvalue weighted by atomic mass is 10.2. The van der Waals surface area contributed by atoms with Crippen molar-refractivity contribution in [3.8, 4) is 10.4 Å². The minimum Gasteiger partial charge on any atom is -0.379 e. The summed E-state index contributed by atoms with van der Waals surface area (Å²) in [5.74, 6) is 0.810. The van der Waals surface area contributed by atoms with Crippen LogP contribution in [0.15, 0.2) is 23.7 Å². The van der Waals surface area contributed by atoms with Gasteiger partial charge in [-0.1, -0.05) is 6.07 Å². The van der Waals surface area contributed by atoms with Crippen LogP contribution in [0.1, 0.15) is 6.42 Å². The third kappa shape index (κ3) is 4.16. The number of nitrogens with one attached hydrogen (secondary N) is 1. The summed E-state index contributed by atoms with van der Waals surface area (Å²) < 4.78 is 5.36. The third-order valence-electron chi connectivity index (χ3n) is 3.59. The van der Waals surface area contributed by atoms with Gasteiger partial charge in [0, 0.05) is 30.7 Å². The quantitative estimate of drug-likeness (QED) is 0.648. The number of morpholine rings is 1. The highest BCUT2D eigenvalue weighted by Gasteiger charge is 2.11. The molecule has 0 radical (unpaired) electrons. The van der Waals surface area contributed by atoms with Crippen molar-refractivity contribution in [2.45, 2.75) is 6.42 Å². The highest BCUT2D eigenvalue weighted by atomic mass is 35.5. The molecule has 3 rings (SSSR count). The van der Waals surface area contributed by atoms with Gasteiger partial charge < -0.3 is 10.1 Å². The molecule has 2 aromatic heterocycles. The second kappa shape index (κ2) is 7.87. The van der Waals surface area contributed by atoms with Gasteiger partial charge in [-0.3, -0.25) is 4.90 Å².